The van der Waals surface area contributed by atoms with Crippen LogP contribution in [0.3, 0.4) is 0 Å². The number of hydrogen-bond acceptors (Lipinski definition) is 5. The van der Waals surface area contributed by atoms with Crippen LogP contribution in [0.2, 0.25) is 0 Å². The van der Waals surface area contributed by atoms with E-state index >= 15 is 0 Å². The first-order valence-corrected chi connectivity index (χ1v) is 9.40. The lowest BCUT2D eigenvalue weighted by atomic mass is 10.2. The predicted octanol–water partition coefficient (Wildman–Crippen LogP) is 0.317. The number of benzene rings is 1. The van der Waals surface area contributed by atoms with E-state index in [1.165, 1.54) is 0 Å². The van der Waals surface area contributed by atoms with Crippen molar-refractivity contribution in [3.05, 3.63) is 29.8 Å². The smallest absolute Gasteiger partial charge is 0.148 e. The highest BCUT2D eigenvalue weighted by atomic mass is 32.2. The Morgan fingerprint density at radius 3 is 2.58 bits per heavy atom. The fourth-order valence-corrected chi connectivity index (χ4v) is 3.83. The third kappa shape index (κ3) is 6.70. The monoisotopic (exact) mass is 305 g/mol. The molecule has 0 fully saturated rings. The molecule has 2 N–H and O–H groups in total. The molecular weight excluding hydrogens is 286 g/mol. The molecule has 0 saturated heterocycles. The van der Waals surface area contributed by atoms with Gasteiger partial charge >= 0.3 is 0 Å². The Kier molecular flexibility index (Phi) is 6.47. The quantitative estimate of drug-likeness (QED) is 0.747. The van der Waals surface area contributed by atoms with E-state index in [1.807, 2.05) is 24.3 Å². The van der Waals surface area contributed by atoms with Gasteiger partial charge in [0.25, 0.3) is 0 Å². The van der Waals surface area contributed by atoms with Crippen LogP contribution in [0.5, 0.6) is 5.75 Å². The lowest BCUT2D eigenvalue weighted by molar-refractivity contribution is 0.339. The van der Waals surface area contributed by atoms with Gasteiger partial charge in [0.05, 0.1) is 18.1 Å². The highest BCUT2D eigenvalue weighted by Crippen LogP contribution is 2.16. The standard InChI is InChI=1S/C12H19NO4S2/c1-19(15,16)9-8-18(14)7-6-17-12-5-3-2-4-11(12)10-13/h2-5H,6-10,13H2,1H3. The van der Waals surface area contributed by atoms with Crippen molar-refractivity contribution in [2.45, 2.75) is 6.54 Å². The minimum atomic E-state index is -3.06. The Morgan fingerprint density at radius 1 is 1.26 bits per heavy atom. The Morgan fingerprint density at radius 2 is 1.95 bits per heavy atom. The van der Waals surface area contributed by atoms with E-state index in [1.54, 1.807) is 0 Å². The van der Waals surface area contributed by atoms with Gasteiger partial charge in [0, 0.05) is 34.9 Å². The molecule has 1 rings (SSSR count). The van der Waals surface area contributed by atoms with Crippen molar-refractivity contribution < 1.29 is 17.4 Å². The highest BCUT2D eigenvalue weighted by Gasteiger charge is 2.07. The topological polar surface area (TPSA) is 86.5 Å². The van der Waals surface area contributed by atoms with E-state index in [9.17, 15) is 12.6 Å². The van der Waals surface area contributed by atoms with Crippen molar-refractivity contribution in [2.24, 2.45) is 5.73 Å². The molecule has 0 aliphatic heterocycles. The molecule has 1 atom stereocenters. The normalized spacial score (nSPS) is 13.2. The van der Waals surface area contributed by atoms with Crippen molar-refractivity contribution in [1.82, 2.24) is 0 Å². The van der Waals surface area contributed by atoms with Crippen molar-refractivity contribution >= 4 is 20.6 Å². The number of ether oxygens (including phenoxy) is 1. The van der Waals surface area contributed by atoms with Crippen LogP contribution >= 0.6 is 0 Å². The predicted molar refractivity (Wildman–Crippen MR) is 77.4 cm³/mol. The van der Waals surface area contributed by atoms with Crippen LogP contribution < -0.4 is 10.5 Å². The second-order valence-electron chi connectivity index (χ2n) is 4.14. The SMILES string of the molecule is CS(=O)(=O)CCS(=O)CCOc1ccccc1CN. The first-order chi connectivity index (χ1) is 8.92. The van der Waals surface area contributed by atoms with Gasteiger partial charge in [-0.1, -0.05) is 18.2 Å². The molecule has 0 spiro atoms. The van der Waals surface area contributed by atoms with Gasteiger partial charge in [-0.15, -0.1) is 0 Å². The molecule has 1 unspecified atom stereocenters. The molecule has 0 amide bonds. The van der Waals surface area contributed by atoms with Gasteiger partial charge in [-0.25, -0.2) is 8.42 Å². The van der Waals surface area contributed by atoms with E-state index in [2.05, 4.69) is 0 Å². The largest absolute Gasteiger partial charge is 0.492 e. The average Bonchev–Trinajstić information content (AvgIpc) is 2.36. The molecule has 19 heavy (non-hydrogen) atoms. The fourth-order valence-electron chi connectivity index (χ4n) is 1.40. The zero-order valence-corrected chi connectivity index (χ0v) is 12.5. The summed E-state index contributed by atoms with van der Waals surface area (Å²) in [6.07, 6.45) is 1.14. The first kappa shape index (κ1) is 16.1. The van der Waals surface area contributed by atoms with Crippen LogP contribution in [0.4, 0.5) is 0 Å². The third-order valence-corrected chi connectivity index (χ3v) is 4.93. The maximum atomic E-state index is 11.6. The zero-order valence-electron chi connectivity index (χ0n) is 10.9. The van der Waals surface area contributed by atoms with Crippen molar-refractivity contribution in [3.8, 4) is 5.75 Å². The number of hydrogen-bond donors (Lipinski definition) is 1. The molecule has 5 nitrogen and oxygen atoms in total. The summed E-state index contributed by atoms with van der Waals surface area (Å²) in [4.78, 5) is 0. The van der Waals surface area contributed by atoms with Crippen LogP contribution in [0.25, 0.3) is 0 Å². The van der Waals surface area contributed by atoms with Gasteiger partial charge in [-0.2, -0.15) is 0 Å². The lowest BCUT2D eigenvalue weighted by Gasteiger charge is -2.09. The van der Waals surface area contributed by atoms with Crippen LogP contribution in [0, 0.1) is 0 Å². The van der Waals surface area contributed by atoms with E-state index in [-0.39, 0.29) is 18.1 Å². The van der Waals surface area contributed by atoms with E-state index in [4.69, 9.17) is 10.5 Å². The molecule has 0 saturated carbocycles. The molecule has 0 radical (unpaired) electrons. The Labute approximate surface area is 116 Å². The van der Waals surface area contributed by atoms with Gasteiger partial charge in [-0.3, -0.25) is 4.21 Å². The summed E-state index contributed by atoms with van der Waals surface area (Å²) in [7, 11) is -4.24. The van der Waals surface area contributed by atoms with Crippen LogP contribution in [-0.2, 0) is 27.2 Å². The molecule has 0 aliphatic carbocycles. The number of para-hydroxylation sites is 1. The summed E-state index contributed by atoms with van der Waals surface area (Å²) >= 11 is 0. The first-order valence-electron chi connectivity index (χ1n) is 5.86. The second kappa shape index (κ2) is 7.62. The van der Waals surface area contributed by atoms with Crippen LogP contribution in [0.1, 0.15) is 5.56 Å². The molecule has 0 aromatic heterocycles. The molecule has 0 bridgehead atoms. The van der Waals surface area contributed by atoms with Crippen molar-refractivity contribution in [2.75, 3.05) is 30.1 Å². The molecule has 1 aromatic rings. The summed E-state index contributed by atoms with van der Waals surface area (Å²) in [6, 6.07) is 7.39. The summed E-state index contributed by atoms with van der Waals surface area (Å²) in [5.74, 6) is 1.10. The summed E-state index contributed by atoms with van der Waals surface area (Å²) in [5, 5.41) is 0. The summed E-state index contributed by atoms with van der Waals surface area (Å²) in [6.45, 7) is 0.667. The van der Waals surface area contributed by atoms with Crippen LogP contribution in [0.15, 0.2) is 24.3 Å². The average molecular weight is 305 g/mol. The fraction of sp³-hybridized carbons (Fsp3) is 0.500. The van der Waals surface area contributed by atoms with Crippen molar-refractivity contribution in [3.63, 3.8) is 0 Å². The van der Waals surface area contributed by atoms with Crippen LogP contribution in [-0.4, -0.2) is 42.7 Å². The maximum Gasteiger partial charge on any atom is 0.148 e. The molecule has 7 heteroatoms. The molecule has 0 heterocycles. The van der Waals surface area contributed by atoms with Gasteiger partial charge in [0.15, 0.2) is 0 Å². The van der Waals surface area contributed by atoms with Gasteiger partial charge in [-0.05, 0) is 6.07 Å². The van der Waals surface area contributed by atoms with Crippen molar-refractivity contribution in [1.29, 1.82) is 0 Å². The third-order valence-electron chi connectivity index (χ3n) is 2.44. The lowest BCUT2D eigenvalue weighted by Crippen LogP contribution is -2.17. The number of rotatable bonds is 8. The molecule has 108 valence electrons. The second-order valence-corrected chi connectivity index (χ2v) is 8.09. The minimum absolute atomic E-state index is 0.0565. The van der Waals surface area contributed by atoms with Gasteiger partial charge in [0.2, 0.25) is 0 Å². The van der Waals surface area contributed by atoms with Gasteiger partial charge < -0.3 is 10.5 Å². The maximum absolute atomic E-state index is 11.6. The minimum Gasteiger partial charge on any atom is -0.492 e. The van der Waals surface area contributed by atoms with Gasteiger partial charge in [0.1, 0.15) is 15.6 Å². The zero-order chi connectivity index (χ0) is 14.3. The molecule has 0 aliphatic rings. The Bertz CT molecular complexity index is 528. The summed E-state index contributed by atoms with van der Waals surface area (Å²) in [5.41, 5.74) is 6.46. The highest BCUT2D eigenvalue weighted by molar-refractivity contribution is 7.92. The summed E-state index contributed by atoms with van der Waals surface area (Å²) < 4.78 is 39.0. The Hall–Kier alpha value is -0.920. The Balaban J connectivity index is 2.36. The van der Waals surface area contributed by atoms with E-state index in [0.29, 0.717) is 18.0 Å². The number of sulfone groups is 1. The number of nitrogens with two attached hydrogens (primary N) is 1. The molecular formula is C12H19NO4S2. The van der Waals surface area contributed by atoms with E-state index < -0.39 is 20.6 Å². The molecule has 1 aromatic carbocycles. The van der Waals surface area contributed by atoms with E-state index in [0.717, 1.165) is 11.8 Å².